The number of nitrogens with one attached hydrogen (secondary N) is 1. The normalized spacial score (nSPS) is 11.7. The van der Waals surface area contributed by atoms with Crippen LogP contribution in [-0.2, 0) is 37.4 Å². The van der Waals surface area contributed by atoms with E-state index in [1.165, 1.54) is 12.1 Å². The number of hydrogen-bond donors (Lipinski definition) is 1. The molecule has 0 aromatic heterocycles. The molecule has 34 heavy (non-hydrogen) atoms. The van der Waals surface area contributed by atoms with Gasteiger partial charge in [0.15, 0.2) is 4.90 Å². The van der Waals surface area contributed by atoms with E-state index in [-0.39, 0.29) is 13.1 Å². The summed E-state index contributed by atoms with van der Waals surface area (Å²) in [6, 6.07) is 11.5. The van der Waals surface area contributed by atoms with Crippen LogP contribution in [0.15, 0.2) is 53.4 Å². The highest BCUT2D eigenvalue weighted by Gasteiger charge is 2.33. The summed E-state index contributed by atoms with van der Waals surface area (Å²) in [5.74, 6) is -0.819. The number of alkyl carbamates (subject to hydrolysis) is 1. The van der Waals surface area contributed by atoms with E-state index in [0.717, 1.165) is 29.1 Å². The standard InChI is InChI=1S/C22H27N3O8S/c1-22(2,3)33-21(27)23-13-16-9-11-17(12-10-16)14-24(15-20(26)32-4)34(30,31)19-8-6-5-7-18(19)25(28)29/h5-12H,13-15H2,1-4H3,(H,23,27). The molecule has 0 fully saturated rings. The van der Waals surface area contributed by atoms with Gasteiger partial charge in [0.25, 0.3) is 15.7 Å². The average molecular weight is 494 g/mol. The summed E-state index contributed by atoms with van der Waals surface area (Å²) < 4.78 is 37.0. The Morgan fingerprint density at radius 3 is 2.21 bits per heavy atom. The third-order valence-electron chi connectivity index (χ3n) is 4.43. The molecular weight excluding hydrogens is 466 g/mol. The van der Waals surface area contributed by atoms with Crippen molar-refractivity contribution in [3.05, 3.63) is 69.8 Å². The number of para-hydroxylation sites is 1. The van der Waals surface area contributed by atoms with Gasteiger partial charge in [0.05, 0.1) is 12.0 Å². The Morgan fingerprint density at radius 1 is 1.06 bits per heavy atom. The Kier molecular flexibility index (Phi) is 8.71. The molecule has 184 valence electrons. The number of hydrogen-bond acceptors (Lipinski definition) is 8. The van der Waals surface area contributed by atoms with E-state index in [0.29, 0.717) is 5.56 Å². The van der Waals surface area contributed by atoms with Crippen LogP contribution in [0.3, 0.4) is 0 Å². The zero-order valence-corrected chi connectivity index (χ0v) is 20.1. The van der Waals surface area contributed by atoms with Crippen molar-refractivity contribution in [2.24, 2.45) is 0 Å². The van der Waals surface area contributed by atoms with Crippen molar-refractivity contribution in [1.82, 2.24) is 9.62 Å². The molecule has 12 heteroatoms. The first kappa shape index (κ1) is 26.7. The maximum absolute atomic E-state index is 13.2. The Balaban J connectivity index is 2.23. The summed E-state index contributed by atoms with van der Waals surface area (Å²) in [4.78, 5) is 33.7. The Labute approximate surface area is 197 Å². The highest BCUT2D eigenvalue weighted by Crippen LogP contribution is 2.27. The van der Waals surface area contributed by atoms with Gasteiger partial charge in [-0.05, 0) is 38.0 Å². The minimum atomic E-state index is -4.41. The van der Waals surface area contributed by atoms with E-state index < -0.39 is 49.7 Å². The summed E-state index contributed by atoms with van der Waals surface area (Å²) in [6.45, 7) is 4.57. The SMILES string of the molecule is COC(=O)CN(Cc1ccc(CNC(=O)OC(C)(C)C)cc1)S(=O)(=O)c1ccccc1[N+](=O)[O-]. The molecule has 0 aliphatic rings. The van der Waals surface area contributed by atoms with Crippen molar-refractivity contribution in [2.45, 2.75) is 44.4 Å². The van der Waals surface area contributed by atoms with Crippen molar-refractivity contribution in [3.8, 4) is 0 Å². The van der Waals surface area contributed by atoms with E-state index in [4.69, 9.17) is 4.74 Å². The molecule has 0 heterocycles. The van der Waals surface area contributed by atoms with Crippen LogP contribution in [0, 0.1) is 10.1 Å². The fourth-order valence-electron chi connectivity index (χ4n) is 2.85. The van der Waals surface area contributed by atoms with Gasteiger partial charge in [-0.25, -0.2) is 13.2 Å². The fourth-order valence-corrected chi connectivity index (χ4v) is 4.38. The smallest absolute Gasteiger partial charge is 0.407 e. The number of carbonyl (C=O) groups excluding carboxylic acids is 2. The van der Waals surface area contributed by atoms with Crippen LogP contribution >= 0.6 is 0 Å². The van der Waals surface area contributed by atoms with Gasteiger partial charge in [0.1, 0.15) is 12.1 Å². The Hall–Kier alpha value is -3.51. The number of methoxy groups -OCH3 is 1. The molecule has 0 saturated carbocycles. The average Bonchev–Trinajstić information content (AvgIpc) is 2.76. The third kappa shape index (κ3) is 7.52. The monoisotopic (exact) mass is 493 g/mol. The van der Waals surface area contributed by atoms with Crippen LogP contribution in [0.25, 0.3) is 0 Å². The van der Waals surface area contributed by atoms with E-state index >= 15 is 0 Å². The first-order valence-electron chi connectivity index (χ1n) is 10.2. The van der Waals surface area contributed by atoms with Crippen LogP contribution in [0.2, 0.25) is 0 Å². The van der Waals surface area contributed by atoms with Gasteiger partial charge in [-0.3, -0.25) is 14.9 Å². The topological polar surface area (TPSA) is 145 Å². The minimum Gasteiger partial charge on any atom is -0.468 e. The number of benzene rings is 2. The van der Waals surface area contributed by atoms with Crippen LogP contribution in [0.5, 0.6) is 0 Å². The zero-order chi connectivity index (χ0) is 25.5. The summed E-state index contributed by atoms with van der Waals surface area (Å²) in [5.41, 5.74) is 0.0276. The van der Waals surface area contributed by atoms with Gasteiger partial charge in [-0.2, -0.15) is 4.31 Å². The maximum atomic E-state index is 13.2. The lowest BCUT2D eigenvalue weighted by atomic mass is 10.1. The Morgan fingerprint density at radius 2 is 1.65 bits per heavy atom. The largest absolute Gasteiger partial charge is 0.468 e. The van der Waals surface area contributed by atoms with Gasteiger partial charge in [0.2, 0.25) is 0 Å². The molecule has 2 aromatic carbocycles. The van der Waals surface area contributed by atoms with E-state index in [1.54, 1.807) is 45.0 Å². The molecule has 2 rings (SSSR count). The molecule has 2 aromatic rings. The van der Waals surface area contributed by atoms with Crippen molar-refractivity contribution in [3.63, 3.8) is 0 Å². The number of sulfonamides is 1. The first-order chi connectivity index (χ1) is 15.8. The predicted octanol–water partition coefficient (Wildman–Crippen LogP) is 2.98. The predicted molar refractivity (Wildman–Crippen MR) is 122 cm³/mol. The minimum absolute atomic E-state index is 0.190. The highest BCUT2D eigenvalue weighted by atomic mass is 32.2. The fraction of sp³-hybridized carbons (Fsp3) is 0.364. The molecule has 0 saturated heterocycles. The number of carbonyl (C=O) groups is 2. The molecule has 0 bridgehead atoms. The van der Waals surface area contributed by atoms with Gasteiger partial charge in [-0.1, -0.05) is 36.4 Å². The molecule has 0 aliphatic heterocycles. The third-order valence-corrected chi connectivity index (χ3v) is 6.27. The van der Waals surface area contributed by atoms with E-state index in [9.17, 15) is 28.1 Å². The molecular formula is C22H27N3O8S. The van der Waals surface area contributed by atoms with Gasteiger partial charge >= 0.3 is 12.1 Å². The second-order valence-electron chi connectivity index (χ2n) is 8.25. The maximum Gasteiger partial charge on any atom is 0.407 e. The van der Waals surface area contributed by atoms with Crippen LogP contribution in [-0.4, -0.2) is 49.0 Å². The lowest BCUT2D eigenvalue weighted by Gasteiger charge is -2.21. The Bertz CT molecular complexity index is 1140. The van der Waals surface area contributed by atoms with Crippen molar-refractivity contribution in [1.29, 1.82) is 0 Å². The first-order valence-corrected chi connectivity index (χ1v) is 11.6. The summed E-state index contributed by atoms with van der Waals surface area (Å²) in [5, 5.41) is 14.0. The van der Waals surface area contributed by atoms with Crippen molar-refractivity contribution in [2.75, 3.05) is 13.7 Å². The second-order valence-corrected chi connectivity index (χ2v) is 10.2. The molecule has 1 N–H and O–H groups in total. The van der Waals surface area contributed by atoms with Crippen molar-refractivity contribution >= 4 is 27.8 Å². The van der Waals surface area contributed by atoms with Crippen LogP contribution in [0.1, 0.15) is 31.9 Å². The molecule has 0 unspecified atom stereocenters. The quantitative estimate of drug-likeness (QED) is 0.319. The molecule has 0 aliphatic carbocycles. The number of nitro benzene ring substituents is 1. The van der Waals surface area contributed by atoms with Crippen LogP contribution in [0.4, 0.5) is 10.5 Å². The molecule has 11 nitrogen and oxygen atoms in total. The lowest BCUT2D eigenvalue weighted by molar-refractivity contribution is -0.387. The molecule has 1 amide bonds. The molecule has 0 atom stereocenters. The van der Waals surface area contributed by atoms with Gasteiger partial charge < -0.3 is 14.8 Å². The number of rotatable bonds is 9. The van der Waals surface area contributed by atoms with Gasteiger partial charge in [0, 0.05) is 19.2 Å². The zero-order valence-electron chi connectivity index (χ0n) is 19.3. The van der Waals surface area contributed by atoms with Crippen molar-refractivity contribution < 1.29 is 32.4 Å². The van der Waals surface area contributed by atoms with E-state index in [2.05, 4.69) is 10.1 Å². The number of nitrogens with zero attached hydrogens (tertiary/aromatic N) is 2. The summed E-state index contributed by atoms with van der Waals surface area (Å²) in [7, 11) is -3.30. The van der Waals surface area contributed by atoms with E-state index in [1.807, 2.05) is 0 Å². The second kappa shape index (κ2) is 11.1. The summed E-state index contributed by atoms with van der Waals surface area (Å²) >= 11 is 0. The summed E-state index contributed by atoms with van der Waals surface area (Å²) in [6.07, 6.45) is -0.573. The number of nitro groups is 1. The number of esters is 1. The highest BCUT2D eigenvalue weighted by molar-refractivity contribution is 7.89. The number of amides is 1. The molecule has 0 spiro atoms. The van der Waals surface area contributed by atoms with Crippen LogP contribution < -0.4 is 5.32 Å². The lowest BCUT2D eigenvalue weighted by Crippen LogP contribution is -2.36. The number of ether oxygens (including phenoxy) is 2. The molecule has 0 radical (unpaired) electrons. The van der Waals surface area contributed by atoms with Gasteiger partial charge in [-0.15, -0.1) is 0 Å².